The number of nitrogens with one attached hydrogen (secondary N) is 2. The van der Waals surface area contributed by atoms with Crippen LogP contribution in [0, 0.1) is 5.41 Å². The van der Waals surface area contributed by atoms with Crippen LogP contribution in [0.1, 0.15) is 31.4 Å². The Hall–Kier alpha value is -2.64. The maximum atomic E-state index is 8.92. The molecule has 2 aromatic carbocycles. The lowest BCUT2D eigenvalue weighted by Crippen LogP contribution is -2.41. The number of hydrogen-bond acceptors (Lipinski definition) is 6. The van der Waals surface area contributed by atoms with Crippen molar-refractivity contribution < 1.29 is 19.2 Å². The fourth-order valence-corrected chi connectivity index (χ4v) is 3.52. The van der Waals surface area contributed by atoms with Crippen molar-refractivity contribution in [2.24, 2.45) is 0 Å². The highest BCUT2D eigenvalue weighted by Gasteiger charge is 2.30. The molecule has 2 N–H and O–H groups in total. The second kappa shape index (κ2) is 8.39. The van der Waals surface area contributed by atoms with E-state index in [-0.39, 0.29) is 6.10 Å². The second-order valence-corrected chi connectivity index (χ2v) is 7.49. The lowest BCUT2D eigenvalue weighted by atomic mass is 10.0. The first-order chi connectivity index (χ1) is 14.1. The molecule has 29 heavy (non-hydrogen) atoms. The Kier molecular flexibility index (Phi) is 5.69. The molecule has 0 amide bonds. The van der Waals surface area contributed by atoms with Crippen LogP contribution in [0.15, 0.2) is 30.3 Å². The molecule has 8 heteroatoms. The van der Waals surface area contributed by atoms with Crippen LogP contribution in [0.25, 0.3) is 0 Å². The molecule has 0 saturated heterocycles. The number of alkyl halides is 1. The maximum Gasteiger partial charge on any atom is 0.173 e. The van der Waals surface area contributed by atoms with Gasteiger partial charge in [0, 0.05) is 18.0 Å². The van der Waals surface area contributed by atoms with Gasteiger partial charge < -0.3 is 24.6 Å². The summed E-state index contributed by atoms with van der Waals surface area (Å²) in [6.07, 6.45) is 0.724. The molecule has 154 valence electrons. The van der Waals surface area contributed by atoms with Crippen LogP contribution < -0.4 is 24.6 Å². The van der Waals surface area contributed by atoms with E-state index in [0.29, 0.717) is 54.4 Å². The molecule has 0 radical (unpaired) electrons. The SMILES string of the molecule is CC(C)Oc1cc(OCCCCl)cc2c1C(=N)N(c1cccc3c1COO3)CN2. The summed E-state index contributed by atoms with van der Waals surface area (Å²) in [5.74, 6) is 2.89. The van der Waals surface area contributed by atoms with Crippen molar-refractivity contribution in [1.29, 1.82) is 5.41 Å². The summed E-state index contributed by atoms with van der Waals surface area (Å²) in [5, 5.41) is 12.3. The Morgan fingerprint density at radius 3 is 2.97 bits per heavy atom. The molecule has 0 unspecified atom stereocenters. The Morgan fingerprint density at radius 1 is 1.31 bits per heavy atom. The molecular formula is C21H24ClN3O4. The van der Waals surface area contributed by atoms with E-state index >= 15 is 0 Å². The van der Waals surface area contributed by atoms with Gasteiger partial charge in [0.25, 0.3) is 0 Å². The first kappa shape index (κ1) is 19.7. The number of ether oxygens (including phenoxy) is 2. The summed E-state index contributed by atoms with van der Waals surface area (Å²) in [4.78, 5) is 12.2. The van der Waals surface area contributed by atoms with Gasteiger partial charge in [0.2, 0.25) is 0 Å². The third-order valence-electron chi connectivity index (χ3n) is 4.67. The van der Waals surface area contributed by atoms with Crippen LogP contribution in [-0.4, -0.2) is 31.1 Å². The van der Waals surface area contributed by atoms with E-state index in [0.717, 1.165) is 23.4 Å². The van der Waals surface area contributed by atoms with Crippen LogP contribution in [0.4, 0.5) is 11.4 Å². The van der Waals surface area contributed by atoms with Crippen molar-refractivity contribution in [2.45, 2.75) is 33.0 Å². The molecule has 0 aliphatic carbocycles. The van der Waals surface area contributed by atoms with Gasteiger partial charge in [0.1, 0.15) is 23.9 Å². The van der Waals surface area contributed by atoms with Gasteiger partial charge >= 0.3 is 0 Å². The Balaban J connectivity index is 1.70. The lowest BCUT2D eigenvalue weighted by Gasteiger charge is -2.34. The molecular weight excluding hydrogens is 394 g/mol. The number of nitrogens with zero attached hydrogens (tertiary/aromatic N) is 1. The van der Waals surface area contributed by atoms with Crippen LogP contribution in [0.3, 0.4) is 0 Å². The molecule has 4 rings (SSSR count). The minimum absolute atomic E-state index is 0.0388. The number of fused-ring (bicyclic) bond motifs is 2. The van der Waals surface area contributed by atoms with Crippen molar-refractivity contribution in [3.63, 3.8) is 0 Å². The van der Waals surface area contributed by atoms with E-state index < -0.39 is 0 Å². The zero-order valence-electron chi connectivity index (χ0n) is 16.5. The topological polar surface area (TPSA) is 76.0 Å². The van der Waals surface area contributed by atoms with Crippen molar-refractivity contribution in [1.82, 2.24) is 0 Å². The van der Waals surface area contributed by atoms with Crippen LogP contribution >= 0.6 is 11.6 Å². The van der Waals surface area contributed by atoms with Gasteiger partial charge in [-0.05, 0) is 32.4 Å². The van der Waals surface area contributed by atoms with E-state index in [4.69, 9.17) is 36.3 Å². The first-order valence-electron chi connectivity index (χ1n) is 9.63. The highest BCUT2D eigenvalue weighted by Crippen LogP contribution is 2.40. The number of benzene rings is 2. The molecule has 2 aliphatic heterocycles. The van der Waals surface area contributed by atoms with Gasteiger partial charge in [0.05, 0.1) is 41.9 Å². The zero-order chi connectivity index (χ0) is 20.4. The average molecular weight is 418 g/mol. The molecule has 2 aromatic rings. The van der Waals surface area contributed by atoms with Crippen molar-refractivity contribution >= 4 is 28.8 Å². The van der Waals surface area contributed by atoms with Gasteiger partial charge in [-0.1, -0.05) is 6.07 Å². The van der Waals surface area contributed by atoms with Crippen LogP contribution in [0.2, 0.25) is 0 Å². The maximum absolute atomic E-state index is 8.92. The third-order valence-corrected chi connectivity index (χ3v) is 4.94. The number of rotatable bonds is 7. The zero-order valence-corrected chi connectivity index (χ0v) is 17.2. The van der Waals surface area contributed by atoms with Gasteiger partial charge in [-0.2, -0.15) is 4.89 Å². The van der Waals surface area contributed by atoms with E-state index in [1.54, 1.807) is 0 Å². The summed E-state index contributed by atoms with van der Waals surface area (Å²) in [6, 6.07) is 9.47. The highest BCUT2D eigenvalue weighted by molar-refractivity contribution is 6.17. The summed E-state index contributed by atoms with van der Waals surface area (Å²) < 4.78 is 11.9. The van der Waals surface area contributed by atoms with Crippen molar-refractivity contribution in [3.8, 4) is 17.2 Å². The Morgan fingerprint density at radius 2 is 2.17 bits per heavy atom. The molecule has 2 heterocycles. The smallest absolute Gasteiger partial charge is 0.173 e. The van der Waals surface area contributed by atoms with E-state index in [1.165, 1.54) is 0 Å². The summed E-state index contributed by atoms with van der Waals surface area (Å²) in [7, 11) is 0. The van der Waals surface area contributed by atoms with Crippen LogP contribution in [0.5, 0.6) is 17.2 Å². The largest absolute Gasteiger partial charge is 0.493 e. The Bertz CT molecular complexity index is 919. The minimum atomic E-state index is -0.0388. The summed E-state index contributed by atoms with van der Waals surface area (Å²) in [5.41, 5.74) is 3.31. The summed E-state index contributed by atoms with van der Waals surface area (Å²) in [6.45, 7) is 5.25. The fourth-order valence-electron chi connectivity index (χ4n) is 3.41. The standard InChI is InChI=1S/C21H24ClN3O4/c1-13(2)28-19-10-14(26-8-4-7-22)9-16-20(19)21(23)25(12-24-16)17-5-3-6-18-15(17)11-27-29-18/h3,5-6,9-10,13,23-24H,4,7-8,11-12H2,1-2H3. The lowest BCUT2D eigenvalue weighted by molar-refractivity contribution is -0.194. The predicted molar refractivity (Wildman–Crippen MR) is 113 cm³/mol. The molecule has 2 aliphatic rings. The number of anilines is 2. The number of hydrogen-bond donors (Lipinski definition) is 2. The monoisotopic (exact) mass is 417 g/mol. The average Bonchev–Trinajstić information content (AvgIpc) is 3.17. The second-order valence-electron chi connectivity index (χ2n) is 7.11. The molecule has 0 atom stereocenters. The van der Waals surface area contributed by atoms with Crippen molar-refractivity contribution in [2.75, 3.05) is 29.4 Å². The quantitative estimate of drug-likeness (QED) is 0.392. The predicted octanol–water partition coefficient (Wildman–Crippen LogP) is 4.52. The summed E-state index contributed by atoms with van der Waals surface area (Å²) >= 11 is 5.75. The highest BCUT2D eigenvalue weighted by atomic mass is 35.5. The van der Waals surface area contributed by atoms with E-state index in [9.17, 15) is 0 Å². The molecule has 0 spiro atoms. The van der Waals surface area contributed by atoms with Crippen LogP contribution in [-0.2, 0) is 11.5 Å². The van der Waals surface area contributed by atoms with Gasteiger partial charge in [-0.3, -0.25) is 5.41 Å². The fraction of sp³-hybridized carbons (Fsp3) is 0.381. The normalized spacial score (nSPS) is 14.9. The molecule has 0 aromatic heterocycles. The third kappa shape index (κ3) is 3.93. The van der Waals surface area contributed by atoms with Gasteiger partial charge in [-0.15, -0.1) is 11.6 Å². The number of halogens is 1. The molecule has 7 nitrogen and oxygen atoms in total. The Labute approximate surface area is 174 Å². The van der Waals surface area contributed by atoms with Gasteiger partial charge in [-0.25, -0.2) is 0 Å². The molecule has 0 fully saturated rings. The molecule has 0 saturated carbocycles. The number of amidine groups is 1. The first-order valence-corrected chi connectivity index (χ1v) is 10.2. The van der Waals surface area contributed by atoms with Gasteiger partial charge in [0.15, 0.2) is 5.75 Å². The minimum Gasteiger partial charge on any atom is -0.493 e. The molecule has 0 bridgehead atoms. The van der Waals surface area contributed by atoms with E-state index in [1.807, 2.05) is 49.1 Å². The van der Waals surface area contributed by atoms with E-state index in [2.05, 4.69) is 5.32 Å². The van der Waals surface area contributed by atoms with Crippen molar-refractivity contribution in [3.05, 3.63) is 41.5 Å².